The third-order valence-corrected chi connectivity index (χ3v) is 5.15. The van der Waals surface area contributed by atoms with Crippen LogP contribution < -0.4 is 5.32 Å². The van der Waals surface area contributed by atoms with E-state index in [1.807, 2.05) is 0 Å². The molecule has 4 nitrogen and oxygen atoms in total. The Balaban J connectivity index is 1.99. The van der Waals surface area contributed by atoms with E-state index in [0.717, 1.165) is 5.56 Å². The first-order chi connectivity index (χ1) is 10.8. The third kappa shape index (κ3) is 4.77. The predicted molar refractivity (Wildman–Crippen MR) is 87.9 cm³/mol. The van der Waals surface area contributed by atoms with Crippen LogP contribution in [-0.2, 0) is 14.6 Å². The molecule has 0 saturated carbocycles. The van der Waals surface area contributed by atoms with Gasteiger partial charge in [-0.05, 0) is 48.9 Å². The molecular formula is C16H15ClFNO3S. The summed E-state index contributed by atoms with van der Waals surface area (Å²) < 4.78 is 37.9. The van der Waals surface area contributed by atoms with Gasteiger partial charge < -0.3 is 5.32 Å². The number of amides is 1. The smallest absolute Gasteiger partial charge is 0.225 e. The normalized spacial score (nSPS) is 11.3. The SMILES string of the molecule is Cc1ccc(NC(=O)CCS(=O)(=O)c2ccc(Cl)cc2)c(F)c1. The Morgan fingerprint density at radius 2 is 1.83 bits per heavy atom. The van der Waals surface area contributed by atoms with Crippen LogP contribution in [0.1, 0.15) is 12.0 Å². The van der Waals surface area contributed by atoms with Crippen LogP contribution in [0.4, 0.5) is 10.1 Å². The summed E-state index contributed by atoms with van der Waals surface area (Å²) in [6.07, 6.45) is -0.266. The Labute approximate surface area is 139 Å². The first-order valence-electron chi connectivity index (χ1n) is 6.82. The maximum absolute atomic E-state index is 13.6. The minimum absolute atomic E-state index is 0.0319. The van der Waals surface area contributed by atoms with E-state index in [2.05, 4.69) is 5.32 Å². The summed E-state index contributed by atoms with van der Waals surface area (Å²) >= 11 is 5.71. The lowest BCUT2D eigenvalue weighted by Crippen LogP contribution is -2.18. The second kappa shape index (κ2) is 7.10. The Morgan fingerprint density at radius 1 is 1.17 bits per heavy atom. The van der Waals surface area contributed by atoms with Crippen molar-refractivity contribution in [2.24, 2.45) is 0 Å². The van der Waals surface area contributed by atoms with Gasteiger partial charge in [-0.15, -0.1) is 0 Å². The predicted octanol–water partition coefficient (Wildman–Crippen LogP) is 3.59. The third-order valence-electron chi connectivity index (χ3n) is 3.17. The summed E-state index contributed by atoms with van der Waals surface area (Å²) in [5.74, 6) is -1.49. The quantitative estimate of drug-likeness (QED) is 0.891. The van der Waals surface area contributed by atoms with Gasteiger partial charge in [0.2, 0.25) is 5.91 Å². The lowest BCUT2D eigenvalue weighted by atomic mass is 10.2. The standard InChI is InChI=1S/C16H15ClFNO3S/c1-11-2-7-15(14(18)10-11)19-16(20)8-9-23(21,22)13-5-3-12(17)4-6-13/h2-7,10H,8-9H2,1H3,(H,19,20). The Bertz CT molecular complexity index is 820. The number of aryl methyl sites for hydroxylation is 1. The number of benzene rings is 2. The van der Waals surface area contributed by atoms with Crippen molar-refractivity contribution in [2.75, 3.05) is 11.1 Å². The molecule has 122 valence electrons. The van der Waals surface area contributed by atoms with Crippen LogP contribution in [-0.4, -0.2) is 20.1 Å². The summed E-state index contributed by atoms with van der Waals surface area (Å²) in [5.41, 5.74) is 0.760. The number of halogens is 2. The van der Waals surface area contributed by atoms with Crippen LogP contribution in [0, 0.1) is 12.7 Å². The number of hydrogen-bond donors (Lipinski definition) is 1. The number of carbonyl (C=O) groups excluding carboxylic acids is 1. The zero-order chi connectivity index (χ0) is 17.0. The maximum Gasteiger partial charge on any atom is 0.225 e. The minimum atomic E-state index is -3.59. The highest BCUT2D eigenvalue weighted by Gasteiger charge is 2.17. The van der Waals surface area contributed by atoms with Crippen LogP contribution in [0.15, 0.2) is 47.4 Å². The fourth-order valence-electron chi connectivity index (χ4n) is 1.92. The average molecular weight is 356 g/mol. The first kappa shape index (κ1) is 17.4. The fraction of sp³-hybridized carbons (Fsp3) is 0.188. The molecule has 7 heteroatoms. The van der Waals surface area contributed by atoms with Crippen molar-refractivity contribution >= 4 is 33.0 Å². The minimum Gasteiger partial charge on any atom is -0.324 e. The van der Waals surface area contributed by atoms with E-state index >= 15 is 0 Å². The molecule has 0 heterocycles. The van der Waals surface area contributed by atoms with Crippen molar-refractivity contribution in [2.45, 2.75) is 18.2 Å². The van der Waals surface area contributed by atoms with Gasteiger partial charge in [0.1, 0.15) is 5.82 Å². The number of rotatable bonds is 5. The molecule has 0 aliphatic rings. The maximum atomic E-state index is 13.6. The first-order valence-corrected chi connectivity index (χ1v) is 8.85. The summed E-state index contributed by atoms with van der Waals surface area (Å²) in [5, 5.41) is 2.80. The zero-order valence-electron chi connectivity index (χ0n) is 12.3. The van der Waals surface area contributed by atoms with Crippen molar-refractivity contribution in [1.29, 1.82) is 0 Å². The van der Waals surface area contributed by atoms with E-state index in [1.165, 1.54) is 36.4 Å². The fourth-order valence-corrected chi connectivity index (χ4v) is 3.29. The summed E-state index contributed by atoms with van der Waals surface area (Å²) in [7, 11) is -3.59. The van der Waals surface area contributed by atoms with E-state index in [1.54, 1.807) is 13.0 Å². The topological polar surface area (TPSA) is 63.2 Å². The Hall–Kier alpha value is -1.92. The average Bonchev–Trinajstić information content (AvgIpc) is 2.49. The molecule has 1 N–H and O–H groups in total. The highest BCUT2D eigenvalue weighted by atomic mass is 35.5. The van der Waals surface area contributed by atoms with E-state index in [0.29, 0.717) is 5.02 Å². The van der Waals surface area contributed by atoms with Gasteiger partial charge in [0.15, 0.2) is 9.84 Å². The van der Waals surface area contributed by atoms with Crippen LogP contribution in [0.5, 0.6) is 0 Å². The molecule has 2 aromatic rings. The molecule has 0 fully saturated rings. The second-order valence-electron chi connectivity index (χ2n) is 5.05. The van der Waals surface area contributed by atoms with Gasteiger partial charge in [-0.3, -0.25) is 4.79 Å². The monoisotopic (exact) mass is 355 g/mol. The summed E-state index contributed by atoms with van der Waals surface area (Å²) in [6.45, 7) is 1.73. The number of sulfone groups is 1. The lowest BCUT2D eigenvalue weighted by Gasteiger charge is -2.08. The molecule has 1 amide bonds. The van der Waals surface area contributed by atoms with E-state index in [-0.39, 0.29) is 22.8 Å². The van der Waals surface area contributed by atoms with Crippen LogP contribution >= 0.6 is 11.6 Å². The van der Waals surface area contributed by atoms with Crippen LogP contribution in [0.25, 0.3) is 0 Å². The summed E-state index contributed by atoms with van der Waals surface area (Å²) in [4.78, 5) is 11.9. The van der Waals surface area contributed by atoms with Crippen molar-refractivity contribution in [3.05, 3.63) is 58.9 Å². The highest BCUT2D eigenvalue weighted by Crippen LogP contribution is 2.18. The van der Waals surface area contributed by atoms with Crippen molar-refractivity contribution < 1.29 is 17.6 Å². The van der Waals surface area contributed by atoms with Gasteiger partial charge in [-0.25, -0.2) is 12.8 Å². The highest BCUT2D eigenvalue weighted by molar-refractivity contribution is 7.91. The van der Waals surface area contributed by atoms with E-state index in [4.69, 9.17) is 11.6 Å². The zero-order valence-corrected chi connectivity index (χ0v) is 13.9. The second-order valence-corrected chi connectivity index (χ2v) is 7.60. The summed E-state index contributed by atoms with van der Waals surface area (Å²) in [6, 6.07) is 10.1. The number of carbonyl (C=O) groups is 1. The van der Waals surface area contributed by atoms with Gasteiger partial charge in [-0.2, -0.15) is 0 Å². The molecule has 0 aliphatic heterocycles. The molecule has 0 bridgehead atoms. The van der Waals surface area contributed by atoms with Crippen LogP contribution in [0.3, 0.4) is 0 Å². The molecular weight excluding hydrogens is 341 g/mol. The van der Waals surface area contributed by atoms with Gasteiger partial charge in [-0.1, -0.05) is 17.7 Å². The molecule has 23 heavy (non-hydrogen) atoms. The van der Waals surface area contributed by atoms with E-state index < -0.39 is 21.6 Å². The largest absolute Gasteiger partial charge is 0.324 e. The Kier molecular flexibility index (Phi) is 5.38. The van der Waals surface area contributed by atoms with E-state index in [9.17, 15) is 17.6 Å². The number of anilines is 1. The van der Waals surface area contributed by atoms with Gasteiger partial charge in [0.25, 0.3) is 0 Å². The van der Waals surface area contributed by atoms with Gasteiger partial charge in [0.05, 0.1) is 16.3 Å². The molecule has 2 aromatic carbocycles. The van der Waals surface area contributed by atoms with Crippen molar-refractivity contribution in [3.8, 4) is 0 Å². The molecule has 0 saturated heterocycles. The Morgan fingerprint density at radius 3 is 2.43 bits per heavy atom. The van der Waals surface area contributed by atoms with Crippen molar-refractivity contribution in [1.82, 2.24) is 0 Å². The molecule has 0 aliphatic carbocycles. The van der Waals surface area contributed by atoms with Gasteiger partial charge in [0, 0.05) is 11.4 Å². The molecule has 0 unspecified atom stereocenters. The molecule has 0 aromatic heterocycles. The number of hydrogen-bond acceptors (Lipinski definition) is 3. The van der Waals surface area contributed by atoms with Crippen LogP contribution in [0.2, 0.25) is 5.02 Å². The molecule has 0 atom stereocenters. The molecule has 0 radical (unpaired) electrons. The lowest BCUT2D eigenvalue weighted by molar-refractivity contribution is -0.115. The molecule has 0 spiro atoms. The van der Waals surface area contributed by atoms with Crippen molar-refractivity contribution in [3.63, 3.8) is 0 Å². The molecule has 2 rings (SSSR count). The van der Waals surface area contributed by atoms with Gasteiger partial charge >= 0.3 is 0 Å². The number of nitrogens with one attached hydrogen (secondary N) is 1.